The number of hydrogen-bond acceptors (Lipinski definition) is 5. The first-order valence-corrected chi connectivity index (χ1v) is 8.00. The molecule has 120 valence electrons. The molecule has 2 rings (SSSR count). The number of carbonyl (C=O) groups is 2. The first kappa shape index (κ1) is 16.2. The number of halogens is 1. The van der Waals surface area contributed by atoms with Crippen LogP contribution in [-0.2, 0) is 19.6 Å². The van der Waals surface area contributed by atoms with Gasteiger partial charge in [0.1, 0.15) is 11.9 Å². The molecule has 9 heteroatoms. The van der Waals surface area contributed by atoms with E-state index in [0.29, 0.717) is 19.4 Å². The Morgan fingerprint density at radius 3 is 2.55 bits per heavy atom. The Morgan fingerprint density at radius 2 is 1.95 bits per heavy atom. The van der Waals surface area contributed by atoms with Gasteiger partial charge in [-0.2, -0.15) is 0 Å². The van der Waals surface area contributed by atoms with E-state index in [1.54, 1.807) is 0 Å². The van der Waals surface area contributed by atoms with Gasteiger partial charge in [-0.3, -0.25) is 9.69 Å². The Kier molecular flexibility index (Phi) is 4.65. The van der Waals surface area contributed by atoms with Crippen LogP contribution < -0.4 is 4.72 Å². The number of likely N-dealkylation sites (tertiary alicyclic amines) is 1. The molecule has 1 aromatic carbocycles. The molecule has 0 aromatic heterocycles. The molecule has 2 amide bonds. The highest BCUT2D eigenvalue weighted by atomic mass is 32.2. The number of methoxy groups -OCH3 is 1. The van der Waals surface area contributed by atoms with Gasteiger partial charge in [0.15, 0.2) is 0 Å². The van der Waals surface area contributed by atoms with Crippen LogP contribution in [0.1, 0.15) is 12.8 Å². The van der Waals surface area contributed by atoms with Crippen LogP contribution in [0.4, 0.5) is 9.18 Å². The van der Waals surface area contributed by atoms with Gasteiger partial charge in [0.2, 0.25) is 0 Å². The number of nitrogens with zero attached hydrogens (tertiary/aromatic N) is 1. The maximum Gasteiger partial charge on any atom is 0.410 e. The van der Waals surface area contributed by atoms with Crippen LogP contribution in [0.25, 0.3) is 0 Å². The maximum absolute atomic E-state index is 12.8. The fourth-order valence-corrected chi connectivity index (χ4v) is 3.26. The third-order valence-electron chi connectivity index (χ3n) is 3.32. The normalized spacial score (nSPS) is 18.1. The standard InChI is InChI=1S/C13H15FN2O5S/c1-21-13(18)16-8-2-3-11(16)12(17)15-22(19,20)10-6-4-9(14)5-7-10/h4-7,11H,2-3,8H2,1H3,(H,15,17). The van der Waals surface area contributed by atoms with E-state index in [1.807, 2.05) is 4.72 Å². The largest absolute Gasteiger partial charge is 0.453 e. The summed E-state index contributed by atoms with van der Waals surface area (Å²) in [5, 5.41) is 0. The van der Waals surface area contributed by atoms with E-state index in [9.17, 15) is 22.4 Å². The molecule has 0 bridgehead atoms. The molecule has 1 aliphatic heterocycles. The van der Waals surface area contributed by atoms with Crippen LogP contribution in [0.5, 0.6) is 0 Å². The summed E-state index contributed by atoms with van der Waals surface area (Å²) in [5.41, 5.74) is 0. The number of benzene rings is 1. The summed E-state index contributed by atoms with van der Waals surface area (Å²) in [4.78, 5) is 24.6. The Hall–Kier alpha value is -2.16. The number of sulfonamides is 1. The van der Waals surface area contributed by atoms with E-state index in [2.05, 4.69) is 4.74 Å². The zero-order valence-corrected chi connectivity index (χ0v) is 12.6. The zero-order valence-electron chi connectivity index (χ0n) is 11.8. The third-order valence-corrected chi connectivity index (χ3v) is 4.69. The Morgan fingerprint density at radius 1 is 1.32 bits per heavy atom. The summed E-state index contributed by atoms with van der Waals surface area (Å²) in [6.07, 6.45) is 0.237. The summed E-state index contributed by atoms with van der Waals surface area (Å²) in [7, 11) is -2.93. The third kappa shape index (κ3) is 3.35. The molecule has 1 heterocycles. The predicted octanol–water partition coefficient (Wildman–Crippen LogP) is 0.861. The van der Waals surface area contributed by atoms with Crippen molar-refractivity contribution in [2.75, 3.05) is 13.7 Å². The molecule has 0 saturated carbocycles. The lowest BCUT2D eigenvalue weighted by Gasteiger charge is -2.22. The quantitative estimate of drug-likeness (QED) is 0.887. The zero-order chi connectivity index (χ0) is 16.3. The van der Waals surface area contributed by atoms with Gasteiger partial charge in [0, 0.05) is 6.54 Å². The summed E-state index contributed by atoms with van der Waals surface area (Å²) >= 11 is 0. The minimum atomic E-state index is -4.11. The Bertz CT molecular complexity index is 674. The lowest BCUT2D eigenvalue weighted by atomic mass is 10.2. The molecule has 0 spiro atoms. The minimum Gasteiger partial charge on any atom is -0.453 e. The molecule has 1 aromatic rings. The molecule has 1 atom stereocenters. The lowest BCUT2D eigenvalue weighted by molar-refractivity contribution is -0.123. The van der Waals surface area contributed by atoms with Crippen molar-refractivity contribution in [3.63, 3.8) is 0 Å². The summed E-state index contributed by atoms with van der Waals surface area (Å²) in [6, 6.07) is 3.17. The molecule has 1 aliphatic rings. The monoisotopic (exact) mass is 330 g/mol. The van der Waals surface area contributed by atoms with Crippen molar-refractivity contribution >= 4 is 22.0 Å². The molecule has 1 N–H and O–H groups in total. The van der Waals surface area contributed by atoms with Crippen molar-refractivity contribution in [3.8, 4) is 0 Å². The van der Waals surface area contributed by atoms with E-state index < -0.39 is 33.9 Å². The summed E-state index contributed by atoms with van der Waals surface area (Å²) in [6.45, 7) is 0.321. The molecule has 1 unspecified atom stereocenters. The predicted molar refractivity (Wildman–Crippen MR) is 73.9 cm³/mol. The highest BCUT2D eigenvalue weighted by Crippen LogP contribution is 2.19. The number of amides is 2. The lowest BCUT2D eigenvalue weighted by Crippen LogP contribution is -2.47. The first-order chi connectivity index (χ1) is 10.3. The van der Waals surface area contributed by atoms with E-state index in [4.69, 9.17) is 0 Å². The molecule has 0 radical (unpaired) electrons. The van der Waals surface area contributed by atoms with Crippen LogP contribution in [-0.4, -0.2) is 45.0 Å². The highest BCUT2D eigenvalue weighted by Gasteiger charge is 2.36. The van der Waals surface area contributed by atoms with Gasteiger partial charge in [-0.15, -0.1) is 0 Å². The Balaban J connectivity index is 2.13. The molecule has 1 saturated heterocycles. The molecule has 22 heavy (non-hydrogen) atoms. The van der Waals surface area contributed by atoms with Gasteiger partial charge in [-0.1, -0.05) is 0 Å². The second kappa shape index (κ2) is 6.30. The molecule has 1 fully saturated rings. The number of rotatable bonds is 3. The minimum absolute atomic E-state index is 0.232. The summed E-state index contributed by atoms with van der Waals surface area (Å²) in [5.74, 6) is -1.40. The highest BCUT2D eigenvalue weighted by molar-refractivity contribution is 7.90. The van der Waals surface area contributed by atoms with Crippen LogP contribution in [0.2, 0.25) is 0 Å². The Labute approximate surface area is 127 Å². The van der Waals surface area contributed by atoms with Crippen LogP contribution >= 0.6 is 0 Å². The van der Waals surface area contributed by atoms with E-state index in [0.717, 1.165) is 24.3 Å². The average molecular weight is 330 g/mol. The van der Waals surface area contributed by atoms with Crippen LogP contribution in [0.15, 0.2) is 29.2 Å². The summed E-state index contributed by atoms with van der Waals surface area (Å²) < 4.78 is 43.4. The van der Waals surface area contributed by atoms with Crippen molar-refractivity contribution in [2.24, 2.45) is 0 Å². The topological polar surface area (TPSA) is 92.8 Å². The maximum atomic E-state index is 12.8. The first-order valence-electron chi connectivity index (χ1n) is 6.52. The van der Waals surface area contributed by atoms with E-state index in [1.165, 1.54) is 12.0 Å². The van der Waals surface area contributed by atoms with Gasteiger partial charge in [-0.25, -0.2) is 22.3 Å². The second-order valence-electron chi connectivity index (χ2n) is 4.75. The van der Waals surface area contributed by atoms with Gasteiger partial charge < -0.3 is 4.74 Å². The van der Waals surface area contributed by atoms with Crippen LogP contribution in [0, 0.1) is 5.82 Å². The van der Waals surface area contributed by atoms with E-state index >= 15 is 0 Å². The van der Waals surface area contributed by atoms with Gasteiger partial charge >= 0.3 is 6.09 Å². The smallest absolute Gasteiger partial charge is 0.410 e. The van der Waals surface area contributed by atoms with Crippen molar-refractivity contribution < 1.29 is 27.1 Å². The van der Waals surface area contributed by atoms with Crippen LogP contribution in [0.3, 0.4) is 0 Å². The molecule has 0 aliphatic carbocycles. The fraction of sp³-hybridized carbons (Fsp3) is 0.385. The van der Waals surface area contributed by atoms with Crippen molar-refractivity contribution in [3.05, 3.63) is 30.1 Å². The number of hydrogen-bond donors (Lipinski definition) is 1. The van der Waals surface area contributed by atoms with E-state index in [-0.39, 0.29) is 4.90 Å². The average Bonchev–Trinajstić information content (AvgIpc) is 2.96. The van der Waals surface area contributed by atoms with Gasteiger partial charge in [-0.05, 0) is 37.1 Å². The fourth-order valence-electron chi connectivity index (χ4n) is 2.25. The number of ether oxygens (including phenoxy) is 1. The van der Waals surface area contributed by atoms with Gasteiger partial charge in [0.25, 0.3) is 15.9 Å². The van der Waals surface area contributed by atoms with Crippen molar-refractivity contribution in [2.45, 2.75) is 23.8 Å². The SMILES string of the molecule is COC(=O)N1CCCC1C(=O)NS(=O)(=O)c1ccc(F)cc1. The molecule has 7 nitrogen and oxygen atoms in total. The van der Waals surface area contributed by atoms with Crippen molar-refractivity contribution in [1.82, 2.24) is 9.62 Å². The molecular weight excluding hydrogens is 315 g/mol. The van der Waals surface area contributed by atoms with Gasteiger partial charge in [0.05, 0.1) is 12.0 Å². The van der Waals surface area contributed by atoms with Crippen molar-refractivity contribution in [1.29, 1.82) is 0 Å². The second-order valence-corrected chi connectivity index (χ2v) is 6.43. The number of nitrogens with one attached hydrogen (secondary N) is 1. The molecular formula is C13H15FN2O5S. The number of carbonyl (C=O) groups excluding carboxylic acids is 2.